The van der Waals surface area contributed by atoms with E-state index in [0.29, 0.717) is 27.1 Å². The third-order valence-electron chi connectivity index (χ3n) is 2.42. The van der Waals surface area contributed by atoms with Crippen molar-refractivity contribution < 1.29 is 10.0 Å². The number of benzene rings is 1. The number of nitrogens with zero attached hydrogens (tertiary/aromatic N) is 2. The van der Waals surface area contributed by atoms with E-state index in [9.17, 15) is 4.79 Å². The molecular formula is C12H9BrClN3O2S. The number of hydrogen-bond acceptors (Lipinski definition) is 5. The molecule has 0 atom stereocenters. The van der Waals surface area contributed by atoms with Crippen molar-refractivity contribution in [2.24, 2.45) is 5.16 Å². The van der Waals surface area contributed by atoms with Gasteiger partial charge < -0.3 is 5.21 Å². The Morgan fingerprint density at radius 2 is 2.30 bits per heavy atom. The summed E-state index contributed by atoms with van der Waals surface area (Å²) < 4.78 is 0.797. The molecule has 0 unspecified atom stereocenters. The van der Waals surface area contributed by atoms with E-state index in [0.717, 1.165) is 4.47 Å². The van der Waals surface area contributed by atoms with Crippen LogP contribution in [0.4, 0.5) is 5.13 Å². The molecule has 0 saturated carbocycles. The molecule has 2 aromatic rings. The number of carbonyl (C=O) groups is 1. The zero-order chi connectivity index (χ0) is 14.7. The lowest BCUT2D eigenvalue weighted by atomic mass is 10.2. The Bertz CT molecular complexity index is 687. The van der Waals surface area contributed by atoms with E-state index in [2.05, 4.69) is 31.4 Å². The third kappa shape index (κ3) is 3.36. The summed E-state index contributed by atoms with van der Waals surface area (Å²) in [6.45, 7) is 1.62. The van der Waals surface area contributed by atoms with Gasteiger partial charge in [0.25, 0.3) is 5.91 Å². The molecule has 0 bridgehead atoms. The van der Waals surface area contributed by atoms with Crippen molar-refractivity contribution in [1.82, 2.24) is 4.98 Å². The summed E-state index contributed by atoms with van der Waals surface area (Å²) in [4.78, 5) is 16.2. The van der Waals surface area contributed by atoms with Crippen molar-refractivity contribution in [1.29, 1.82) is 0 Å². The van der Waals surface area contributed by atoms with Crippen molar-refractivity contribution in [2.45, 2.75) is 6.92 Å². The first-order chi connectivity index (χ1) is 9.51. The summed E-state index contributed by atoms with van der Waals surface area (Å²) in [6.07, 6.45) is 0. The Morgan fingerprint density at radius 1 is 1.55 bits per heavy atom. The Morgan fingerprint density at radius 3 is 2.95 bits per heavy atom. The fraction of sp³-hybridized carbons (Fsp3) is 0.0833. The number of oxime groups is 1. The lowest BCUT2D eigenvalue weighted by molar-refractivity contribution is 0.102. The number of halogens is 2. The lowest BCUT2D eigenvalue weighted by Crippen LogP contribution is -2.12. The first kappa shape index (κ1) is 15.0. The van der Waals surface area contributed by atoms with Gasteiger partial charge >= 0.3 is 0 Å². The second kappa shape index (κ2) is 6.34. The maximum atomic E-state index is 12.1. The molecule has 0 fully saturated rings. The number of carbonyl (C=O) groups excluding carboxylic acids is 1. The summed E-state index contributed by atoms with van der Waals surface area (Å²) >= 11 is 10.5. The van der Waals surface area contributed by atoms with Crippen LogP contribution in [-0.2, 0) is 0 Å². The Labute approximate surface area is 132 Å². The first-order valence-corrected chi connectivity index (χ1v) is 7.47. The van der Waals surface area contributed by atoms with Crippen molar-refractivity contribution in [3.8, 4) is 0 Å². The van der Waals surface area contributed by atoms with Gasteiger partial charge in [0.05, 0.1) is 10.6 Å². The van der Waals surface area contributed by atoms with Gasteiger partial charge in [-0.15, -0.1) is 11.3 Å². The fourth-order valence-electron chi connectivity index (χ4n) is 1.39. The highest BCUT2D eigenvalue weighted by atomic mass is 79.9. The summed E-state index contributed by atoms with van der Waals surface area (Å²) in [6, 6.07) is 5.00. The van der Waals surface area contributed by atoms with Gasteiger partial charge in [-0.2, -0.15) is 0 Å². The Hall–Kier alpha value is -1.44. The van der Waals surface area contributed by atoms with Gasteiger partial charge in [-0.1, -0.05) is 32.7 Å². The molecule has 0 aliphatic heterocycles. The third-order valence-corrected chi connectivity index (χ3v) is 3.98. The van der Waals surface area contributed by atoms with Crippen molar-refractivity contribution >= 4 is 55.6 Å². The van der Waals surface area contributed by atoms with Gasteiger partial charge in [0.2, 0.25) is 0 Å². The molecule has 2 rings (SSSR count). The fourth-order valence-corrected chi connectivity index (χ4v) is 2.90. The van der Waals surface area contributed by atoms with Crippen molar-refractivity contribution in [2.75, 3.05) is 5.32 Å². The summed E-state index contributed by atoms with van der Waals surface area (Å²) in [5, 5.41) is 16.8. The van der Waals surface area contributed by atoms with Gasteiger partial charge in [-0.25, -0.2) is 4.98 Å². The molecule has 1 aromatic carbocycles. The molecule has 104 valence electrons. The number of nitrogens with one attached hydrogen (secondary N) is 1. The second-order valence-electron chi connectivity index (χ2n) is 3.80. The van der Waals surface area contributed by atoms with Crippen LogP contribution in [0.2, 0.25) is 5.02 Å². The quantitative estimate of drug-likeness (QED) is 0.484. The smallest absolute Gasteiger partial charge is 0.258 e. The van der Waals surface area contributed by atoms with Crippen LogP contribution in [0, 0.1) is 0 Å². The molecule has 1 aromatic heterocycles. The van der Waals surface area contributed by atoms with Crippen LogP contribution in [0.25, 0.3) is 0 Å². The van der Waals surface area contributed by atoms with E-state index in [1.165, 1.54) is 11.3 Å². The second-order valence-corrected chi connectivity index (χ2v) is 5.98. The molecule has 2 N–H and O–H groups in total. The molecule has 0 aliphatic carbocycles. The van der Waals surface area contributed by atoms with Gasteiger partial charge in [0.1, 0.15) is 11.4 Å². The van der Waals surface area contributed by atoms with E-state index < -0.39 is 0 Å². The Kier molecular flexibility index (Phi) is 4.74. The average molecular weight is 375 g/mol. The highest BCUT2D eigenvalue weighted by Crippen LogP contribution is 2.23. The van der Waals surface area contributed by atoms with Gasteiger partial charge in [0, 0.05) is 9.85 Å². The van der Waals surface area contributed by atoms with E-state index in [4.69, 9.17) is 16.8 Å². The molecule has 0 saturated heterocycles. The molecule has 0 aliphatic rings. The number of rotatable bonds is 3. The van der Waals surface area contributed by atoms with Crippen molar-refractivity contribution in [3.63, 3.8) is 0 Å². The number of thiazole rings is 1. The number of amides is 1. The standard InChI is InChI=1S/C12H9BrClN3O2S/c1-6(17-19)10-5-20-12(15-10)16-11(18)8-3-2-7(13)4-9(8)14/h2-5,19H,1H3,(H,15,16,18). The van der Waals surface area contributed by atoms with Gasteiger partial charge in [-0.05, 0) is 25.1 Å². The largest absolute Gasteiger partial charge is 0.411 e. The van der Waals surface area contributed by atoms with Crippen LogP contribution in [0.15, 0.2) is 33.2 Å². The zero-order valence-corrected chi connectivity index (χ0v) is 13.4. The molecule has 1 heterocycles. The first-order valence-electron chi connectivity index (χ1n) is 5.42. The predicted molar refractivity (Wildman–Crippen MR) is 83.2 cm³/mol. The molecule has 0 spiro atoms. The van der Waals surface area contributed by atoms with E-state index in [1.807, 2.05) is 0 Å². The molecule has 20 heavy (non-hydrogen) atoms. The van der Waals surface area contributed by atoms with Crippen LogP contribution >= 0.6 is 38.9 Å². The van der Waals surface area contributed by atoms with Crippen molar-refractivity contribution in [3.05, 3.63) is 44.3 Å². The number of hydrogen-bond donors (Lipinski definition) is 2. The minimum Gasteiger partial charge on any atom is -0.411 e. The van der Waals surface area contributed by atoms with Crippen LogP contribution in [0.1, 0.15) is 23.0 Å². The average Bonchev–Trinajstić information content (AvgIpc) is 2.86. The summed E-state index contributed by atoms with van der Waals surface area (Å²) in [5.41, 5.74) is 1.25. The van der Waals surface area contributed by atoms with E-state index >= 15 is 0 Å². The zero-order valence-electron chi connectivity index (χ0n) is 10.2. The SMILES string of the molecule is CC(=NO)c1csc(NC(=O)c2ccc(Br)cc2Cl)n1. The topological polar surface area (TPSA) is 74.6 Å². The predicted octanol–water partition coefficient (Wildman–Crippen LogP) is 4.01. The van der Waals surface area contributed by atoms with Crippen LogP contribution in [0.5, 0.6) is 0 Å². The maximum absolute atomic E-state index is 12.1. The minimum absolute atomic E-state index is 0.345. The molecule has 0 radical (unpaired) electrons. The van der Waals surface area contributed by atoms with Crippen LogP contribution < -0.4 is 5.32 Å². The molecule has 5 nitrogen and oxygen atoms in total. The summed E-state index contributed by atoms with van der Waals surface area (Å²) in [5.74, 6) is -0.345. The van der Waals surface area contributed by atoms with Gasteiger partial charge in [-0.3, -0.25) is 10.1 Å². The monoisotopic (exact) mass is 373 g/mol. The van der Waals surface area contributed by atoms with Crippen LogP contribution in [-0.4, -0.2) is 21.8 Å². The van der Waals surface area contributed by atoms with E-state index in [1.54, 1.807) is 30.5 Å². The maximum Gasteiger partial charge on any atom is 0.258 e. The van der Waals surface area contributed by atoms with E-state index in [-0.39, 0.29) is 5.91 Å². The molecule has 8 heteroatoms. The number of aromatic nitrogens is 1. The molecule has 1 amide bonds. The summed E-state index contributed by atoms with van der Waals surface area (Å²) in [7, 11) is 0. The minimum atomic E-state index is -0.345. The normalized spacial score (nSPS) is 11.4. The number of anilines is 1. The van der Waals surface area contributed by atoms with Crippen LogP contribution in [0.3, 0.4) is 0 Å². The molecular weight excluding hydrogens is 366 g/mol. The lowest BCUT2D eigenvalue weighted by Gasteiger charge is -2.04. The highest BCUT2D eigenvalue weighted by molar-refractivity contribution is 9.10. The van der Waals surface area contributed by atoms with Gasteiger partial charge in [0.15, 0.2) is 5.13 Å². The Balaban J connectivity index is 2.17. The highest BCUT2D eigenvalue weighted by Gasteiger charge is 2.13.